The first-order valence-electron chi connectivity index (χ1n) is 19.1. The fourth-order valence-corrected chi connectivity index (χ4v) is 7.73. The van der Waals surface area contributed by atoms with Crippen molar-refractivity contribution in [2.75, 3.05) is 44.7 Å². The van der Waals surface area contributed by atoms with Crippen molar-refractivity contribution >= 4 is 26.2 Å². The Labute approximate surface area is 311 Å². The van der Waals surface area contributed by atoms with Crippen LogP contribution in [-0.4, -0.2) is 94.8 Å². The van der Waals surface area contributed by atoms with Crippen molar-refractivity contribution in [1.82, 2.24) is 24.9 Å². The Kier molecular flexibility index (Phi) is 22.8. The number of hydrogen-bond acceptors (Lipinski definition) is 12. The lowest BCUT2D eigenvalue weighted by molar-refractivity contribution is -0.121. The number of ether oxygens (including phenoxy) is 1. The zero-order valence-corrected chi connectivity index (χ0v) is 33.0. The Hall–Kier alpha value is -2.70. The molecule has 0 bridgehead atoms. The van der Waals surface area contributed by atoms with E-state index in [0.717, 1.165) is 63.4 Å². The minimum absolute atomic E-state index is 0.0407. The van der Waals surface area contributed by atoms with E-state index in [0.29, 0.717) is 51.3 Å². The fourth-order valence-electron chi connectivity index (χ4n) is 5.97. The van der Waals surface area contributed by atoms with Crippen molar-refractivity contribution in [2.45, 2.75) is 149 Å². The number of anilines is 1. The van der Waals surface area contributed by atoms with Crippen molar-refractivity contribution in [3.8, 4) is 6.07 Å². The number of nitrogens with zero attached hydrogens (tertiary/aromatic N) is 4. The van der Waals surface area contributed by atoms with Crippen LogP contribution in [0.3, 0.4) is 0 Å². The lowest BCUT2D eigenvalue weighted by atomic mass is 10.1. The summed E-state index contributed by atoms with van der Waals surface area (Å²) in [6.45, 7) is 12.6. The summed E-state index contributed by atoms with van der Waals surface area (Å²) in [5.74, 6) is 0.632. The summed E-state index contributed by atoms with van der Waals surface area (Å²) < 4.78 is 22.1. The molecule has 0 aliphatic carbocycles. The lowest BCUT2D eigenvalue weighted by Gasteiger charge is -2.37. The SMILES string of the molecule is Cc1cn([C@H]2CC(OP(OCCC#N)N(C(C)C)C(C)C)[C@@H](CO)O2)c(=O)nc1NCCCCCCNC(=O)CCCCNC(=O)CCCCCN. The zero-order chi connectivity index (χ0) is 38.3. The van der Waals surface area contributed by atoms with Crippen molar-refractivity contribution in [1.29, 1.82) is 5.26 Å². The minimum atomic E-state index is -1.54. The summed E-state index contributed by atoms with van der Waals surface area (Å²) in [7, 11) is -1.54. The van der Waals surface area contributed by atoms with E-state index in [2.05, 4.69) is 59.4 Å². The fraction of sp³-hybridized carbons (Fsp3) is 0.806. The molecule has 1 aromatic rings. The van der Waals surface area contributed by atoms with Crippen molar-refractivity contribution in [3.05, 3.63) is 22.2 Å². The molecule has 1 fully saturated rings. The number of rotatable bonds is 28. The number of aromatic nitrogens is 2. The van der Waals surface area contributed by atoms with Crippen LogP contribution in [0.25, 0.3) is 0 Å². The van der Waals surface area contributed by atoms with E-state index < -0.39 is 32.7 Å². The van der Waals surface area contributed by atoms with E-state index in [-0.39, 0.29) is 43.5 Å². The summed E-state index contributed by atoms with van der Waals surface area (Å²) >= 11 is 0. The van der Waals surface area contributed by atoms with Gasteiger partial charge in [0.25, 0.3) is 8.53 Å². The summed E-state index contributed by atoms with van der Waals surface area (Å²) in [6.07, 6.45) is 9.49. The predicted octanol–water partition coefficient (Wildman–Crippen LogP) is 4.39. The van der Waals surface area contributed by atoms with Gasteiger partial charge >= 0.3 is 5.69 Å². The number of nitrogens with one attached hydrogen (secondary N) is 3. The van der Waals surface area contributed by atoms with Gasteiger partial charge in [0.2, 0.25) is 11.8 Å². The highest BCUT2D eigenvalue weighted by atomic mass is 31.2. The second-order valence-electron chi connectivity index (χ2n) is 13.8. The third-order valence-electron chi connectivity index (χ3n) is 8.67. The third-order valence-corrected chi connectivity index (χ3v) is 10.8. The molecule has 296 valence electrons. The van der Waals surface area contributed by atoms with Crippen LogP contribution in [0.2, 0.25) is 0 Å². The molecule has 1 aliphatic heterocycles. The van der Waals surface area contributed by atoms with Crippen molar-refractivity contribution in [2.24, 2.45) is 5.73 Å². The molecule has 0 spiro atoms. The molecule has 1 aliphatic rings. The maximum Gasteiger partial charge on any atom is 0.351 e. The number of nitrogens with two attached hydrogens (primary N) is 1. The largest absolute Gasteiger partial charge is 0.394 e. The van der Waals surface area contributed by atoms with Gasteiger partial charge < -0.3 is 40.6 Å². The molecule has 4 atom stereocenters. The van der Waals surface area contributed by atoms with E-state index in [1.165, 1.54) is 4.57 Å². The van der Waals surface area contributed by atoms with Gasteiger partial charge in [0.15, 0.2) is 0 Å². The van der Waals surface area contributed by atoms with Crippen LogP contribution in [0, 0.1) is 18.3 Å². The van der Waals surface area contributed by atoms with Crippen LogP contribution in [-0.2, 0) is 23.4 Å². The van der Waals surface area contributed by atoms with E-state index in [1.54, 1.807) is 6.20 Å². The van der Waals surface area contributed by atoms with E-state index in [1.807, 2.05) is 6.92 Å². The lowest BCUT2D eigenvalue weighted by Crippen LogP contribution is -2.36. The standard InChI is InChI=1S/C36H65N8O7P/c1-27(2)44(28(3)4)52(49-23-15-19-38)51-30-24-34(50-31(30)26-45)43-25-29(5)35(42-36(43)48)41-22-13-7-6-12-20-39-33(47)17-10-14-21-40-32(46)16-9-8-11-18-37/h25,27-28,30-31,34,45H,6-18,20-24,26,37H2,1-5H3,(H,39,47)(H,40,46)(H,41,42,48)/t30?,31-,34-,52?/m1/s1. The van der Waals surface area contributed by atoms with E-state index in [4.69, 9.17) is 24.8 Å². The first-order valence-corrected chi connectivity index (χ1v) is 20.2. The summed E-state index contributed by atoms with van der Waals surface area (Å²) in [4.78, 5) is 41.3. The molecule has 0 saturated carbocycles. The van der Waals surface area contributed by atoms with Gasteiger partial charge in [-0.15, -0.1) is 0 Å². The van der Waals surface area contributed by atoms with Crippen LogP contribution >= 0.6 is 8.53 Å². The molecular weight excluding hydrogens is 687 g/mol. The Balaban J connectivity index is 1.72. The third kappa shape index (κ3) is 17.0. The molecule has 1 aromatic heterocycles. The number of unbranched alkanes of at least 4 members (excludes halogenated alkanes) is 6. The second-order valence-corrected chi connectivity index (χ2v) is 15.2. The molecular formula is C36H65N8O7P. The maximum atomic E-state index is 13.1. The van der Waals surface area contributed by atoms with Gasteiger partial charge in [0.1, 0.15) is 18.1 Å². The molecule has 0 radical (unpaired) electrons. The molecule has 2 amide bonds. The number of carbonyl (C=O) groups excluding carboxylic acids is 2. The van der Waals surface area contributed by atoms with Gasteiger partial charge in [-0.3, -0.25) is 14.2 Å². The average Bonchev–Trinajstić information content (AvgIpc) is 3.51. The Morgan fingerprint density at radius 3 is 2.23 bits per heavy atom. The molecule has 15 nitrogen and oxygen atoms in total. The first-order chi connectivity index (χ1) is 25.0. The maximum absolute atomic E-state index is 13.1. The number of amides is 2. The highest BCUT2D eigenvalue weighted by molar-refractivity contribution is 7.44. The van der Waals surface area contributed by atoms with Crippen LogP contribution in [0.4, 0.5) is 5.82 Å². The highest BCUT2D eigenvalue weighted by Crippen LogP contribution is 2.49. The Morgan fingerprint density at radius 2 is 1.63 bits per heavy atom. The van der Waals surface area contributed by atoms with Crippen LogP contribution in [0.5, 0.6) is 0 Å². The predicted molar refractivity (Wildman–Crippen MR) is 203 cm³/mol. The highest BCUT2D eigenvalue weighted by Gasteiger charge is 2.41. The molecule has 0 aromatic carbocycles. The molecule has 2 heterocycles. The van der Waals surface area contributed by atoms with Gasteiger partial charge in [-0.2, -0.15) is 10.2 Å². The zero-order valence-electron chi connectivity index (χ0n) is 32.1. The topological polar surface area (TPSA) is 206 Å². The monoisotopic (exact) mass is 752 g/mol. The van der Waals surface area contributed by atoms with E-state index >= 15 is 0 Å². The minimum Gasteiger partial charge on any atom is -0.394 e. The Bertz CT molecular complexity index is 1270. The van der Waals surface area contributed by atoms with Crippen molar-refractivity contribution < 1.29 is 28.5 Å². The quantitative estimate of drug-likeness (QED) is 0.0597. The van der Waals surface area contributed by atoms with Crippen LogP contribution < -0.4 is 27.4 Å². The number of hydrogen-bond donors (Lipinski definition) is 5. The van der Waals surface area contributed by atoms with Gasteiger partial charge in [-0.1, -0.05) is 19.3 Å². The van der Waals surface area contributed by atoms with Gasteiger partial charge in [-0.05, 0) is 79.7 Å². The molecule has 2 unspecified atom stereocenters. The molecule has 52 heavy (non-hydrogen) atoms. The average molecular weight is 753 g/mol. The first kappa shape index (κ1) is 45.5. The normalized spacial score (nSPS) is 17.8. The number of aryl methyl sites for hydroxylation is 1. The molecule has 1 saturated heterocycles. The van der Waals surface area contributed by atoms with Crippen LogP contribution in [0.15, 0.2) is 11.0 Å². The molecule has 2 rings (SSSR count). The number of carbonyl (C=O) groups is 2. The summed E-state index contributed by atoms with van der Waals surface area (Å²) in [5, 5.41) is 28.3. The van der Waals surface area contributed by atoms with Crippen LogP contribution in [0.1, 0.15) is 123 Å². The molecule has 16 heteroatoms. The van der Waals surface area contributed by atoms with Gasteiger partial charge in [0.05, 0.1) is 31.8 Å². The summed E-state index contributed by atoms with van der Waals surface area (Å²) in [6, 6.07) is 2.34. The molecule has 6 N–H and O–H groups in total. The smallest absolute Gasteiger partial charge is 0.351 e. The number of aliphatic hydroxyl groups is 1. The summed E-state index contributed by atoms with van der Waals surface area (Å²) in [5.41, 5.74) is 5.81. The van der Waals surface area contributed by atoms with E-state index in [9.17, 15) is 19.5 Å². The number of aliphatic hydroxyl groups excluding tert-OH is 1. The Morgan fingerprint density at radius 1 is 1.04 bits per heavy atom. The van der Waals surface area contributed by atoms with Crippen molar-refractivity contribution in [3.63, 3.8) is 0 Å². The number of nitriles is 1. The van der Waals surface area contributed by atoms with Gasteiger partial charge in [0, 0.05) is 62.7 Å². The van der Waals surface area contributed by atoms with Gasteiger partial charge in [-0.25, -0.2) is 9.46 Å². The second kappa shape index (κ2) is 26.1.